The highest BCUT2D eigenvalue weighted by Gasteiger charge is 2.39. The highest BCUT2D eigenvalue weighted by molar-refractivity contribution is 5.98. The second kappa shape index (κ2) is 7.77. The van der Waals surface area contributed by atoms with Crippen molar-refractivity contribution in [3.8, 4) is 0 Å². The van der Waals surface area contributed by atoms with Gasteiger partial charge in [-0.15, -0.1) is 0 Å². The van der Waals surface area contributed by atoms with E-state index in [0.29, 0.717) is 17.9 Å². The van der Waals surface area contributed by atoms with Crippen LogP contribution in [0.15, 0.2) is 18.2 Å². The molecule has 1 aliphatic rings. The van der Waals surface area contributed by atoms with Crippen molar-refractivity contribution >= 4 is 17.5 Å². The minimum Gasteiger partial charge on any atom is -0.384 e. The average Bonchev–Trinajstić information content (AvgIpc) is 2.55. The van der Waals surface area contributed by atoms with Gasteiger partial charge in [0.25, 0.3) is 5.91 Å². The van der Waals surface area contributed by atoms with Crippen molar-refractivity contribution in [2.75, 3.05) is 46.2 Å². The lowest BCUT2D eigenvalue weighted by Crippen LogP contribution is -2.47. The highest BCUT2D eigenvalue weighted by atomic mass is 16.5. The molecule has 0 spiro atoms. The molecule has 0 radical (unpaired) electrons. The summed E-state index contributed by atoms with van der Waals surface area (Å²) in [5.41, 5.74) is 1.71. The van der Waals surface area contributed by atoms with Gasteiger partial charge in [-0.1, -0.05) is 0 Å². The molecule has 6 nitrogen and oxygen atoms in total. The number of nitrogens with one attached hydrogen (secondary N) is 2. The van der Waals surface area contributed by atoms with Crippen molar-refractivity contribution in [1.29, 1.82) is 0 Å². The summed E-state index contributed by atoms with van der Waals surface area (Å²) in [6.45, 7) is 3.91. The Hall–Kier alpha value is -1.92. The van der Waals surface area contributed by atoms with Gasteiger partial charge in [-0.05, 0) is 56.6 Å². The van der Waals surface area contributed by atoms with E-state index in [4.69, 9.17) is 4.74 Å². The predicted octanol–water partition coefficient (Wildman–Crippen LogP) is 1.65. The van der Waals surface area contributed by atoms with Gasteiger partial charge in [0.1, 0.15) is 0 Å². The Labute approximate surface area is 143 Å². The molecular weight excluding hydrogens is 306 g/mol. The molecule has 2 N–H and O–H groups in total. The van der Waals surface area contributed by atoms with Gasteiger partial charge in [-0.25, -0.2) is 0 Å². The van der Waals surface area contributed by atoms with Crippen molar-refractivity contribution in [3.63, 3.8) is 0 Å². The first-order valence-electron chi connectivity index (χ1n) is 8.23. The Balaban J connectivity index is 2.16. The maximum atomic E-state index is 12.8. The fraction of sp³-hybridized carbons (Fsp3) is 0.556. The van der Waals surface area contributed by atoms with Gasteiger partial charge in [0.05, 0.1) is 12.0 Å². The molecule has 0 bridgehead atoms. The normalized spacial score (nSPS) is 16.5. The van der Waals surface area contributed by atoms with Gasteiger partial charge in [0, 0.05) is 32.5 Å². The van der Waals surface area contributed by atoms with Crippen LogP contribution in [-0.4, -0.2) is 57.6 Å². The van der Waals surface area contributed by atoms with E-state index in [1.807, 2.05) is 13.0 Å². The number of nitrogens with zero attached hydrogens (tertiary/aromatic N) is 1. The smallest absolute Gasteiger partial charge is 0.253 e. The van der Waals surface area contributed by atoms with Crippen LogP contribution < -0.4 is 10.6 Å². The van der Waals surface area contributed by atoms with E-state index in [-0.39, 0.29) is 11.8 Å². The van der Waals surface area contributed by atoms with Gasteiger partial charge in [-0.3, -0.25) is 9.59 Å². The second-order valence-electron chi connectivity index (χ2n) is 6.65. The molecular formula is C18H27N3O3. The van der Waals surface area contributed by atoms with Crippen LogP contribution in [0.4, 0.5) is 5.69 Å². The maximum absolute atomic E-state index is 12.8. The number of piperidine rings is 1. The van der Waals surface area contributed by atoms with Crippen LogP contribution in [0.3, 0.4) is 0 Å². The lowest BCUT2D eigenvalue weighted by molar-refractivity contribution is -0.130. The number of methoxy groups -OCH3 is 1. The van der Waals surface area contributed by atoms with Gasteiger partial charge >= 0.3 is 0 Å². The van der Waals surface area contributed by atoms with Crippen molar-refractivity contribution in [2.24, 2.45) is 5.41 Å². The fourth-order valence-corrected chi connectivity index (χ4v) is 3.10. The molecule has 0 aromatic heterocycles. The lowest BCUT2D eigenvalue weighted by Gasteiger charge is -2.35. The van der Waals surface area contributed by atoms with Crippen LogP contribution in [-0.2, 0) is 9.53 Å². The number of hydrogen-bond acceptors (Lipinski definition) is 4. The second-order valence-corrected chi connectivity index (χ2v) is 6.65. The fourth-order valence-electron chi connectivity index (χ4n) is 3.10. The Morgan fingerprint density at radius 1 is 1.29 bits per heavy atom. The van der Waals surface area contributed by atoms with Gasteiger partial charge in [0.2, 0.25) is 5.91 Å². The summed E-state index contributed by atoms with van der Waals surface area (Å²) in [6.07, 6.45) is 1.51. The molecule has 2 amide bonds. The number of carbonyl (C=O) groups is 2. The number of benzene rings is 1. The van der Waals surface area contributed by atoms with Crippen molar-refractivity contribution in [3.05, 3.63) is 29.3 Å². The summed E-state index contributed by atoms with van der Waals surface area (Å²) < 4.78 is 5.31. The van der Waals surface area contributed by atoms with E-state index < -0.39 is 5.41 Å². The first-order chi connectivity index (χ1) is 11.4. The zero-order valence-electron chi connectivity index (χ0n) is 14.9. The molecule has 1 heterocycles. The third-order valence-corrected chi connectivity index (χ3v) is 4.58. The molecule has 132 valence electrons. The van der Waals surface area contributed by atoms with Gasteiger partial charge < -0.3 is 20.3 Å². The summed E-state index contributed by atoms with van der Waals surface area (Å²) in [5, 5.41) is 6.28. The lowest BCUT2D eigenvalue weighted by atomic mass is 9.78. The molecule has 1 aromatic rings. The first kappa shape index (κ1) is 18.4. The third kappa shape index (κ3) is 3.94. The Kier molecular flexibility index (Phi) is 5.96. The van der Waals surface area contributed by atoms with Crippen molar-refractivity contribution in [1.82, 2.24) is 10.2 Å². The standard InChI is InChI=1S/C18H27N3O3/c1-13-11-14(5-6-15(13)16(22)21(2)3)20-17(23)18(12-24-4)7-9-19-10-8-18/h5-6,11,19H,7-10,12H2,1-4H3,(H,20,23). The van der Waals surface area contributed by atoms with Gasteiger partial charge in [-0.2, -0.15) is 0 Å². The molecule has 1 aromatic carbocycles. The van der Waals surface area contributed by atoms with E-state index in [9.17, 15) is 9.59 Å². The first-order valence-corrected chi connectivity index (χ1v) is 8.23. The number of amides is 2. The summed E-state index contributed by atoms with van der Waals surface area (Å²) in [6, 6.07) is 5.39. The largest absolute Gasteiger partial charge is 0.384 e. The van der Waals surface area contributed by atoms with E-state index in [1.165, 1.54) is 0 Å². The quantitative estimate of drug-likeness (QED) is 0.860. The molecule has 0 saturated carbocycles. The number of hydrogen-bond donors (Lipinski definition) is 2. The van der Waals surface area contributed by atoms with E-state index in [2.05, 4.69) is 10.6 Å². The van der Waals surface area contributed by atoms with Crippen LogP contribution in [0.25, 0.3) is 0 Å². The van der Waals surface area contributed by atoms with Crippen LogP contribution in [0.5, 0.6) is 0 Å². The molecule has 1 fully saturated rings. The molecule has 6 heteroatoms. The highest BCUT2D eigenvalue weighted by Crippen LogP contribution is 2.31. The Bertz CT molecular complexity index is 602. The van der Waals surface area contributed by atoms with Crippen molar-refractivity contribution < 1.29 is 14.3 Å². The zero-order valence-corrected chi connectivity index (χ0v) is 14.9. The summed E-state index contributed by atoms with van der Waals surface area (Å²) >= 11 is 0. The van der Waals surface area contributed by atoms with E-state index in [0.717, 1.165) is 31.5 Å². The number of aryl methyl sites for hydroxylation is 1. The van der Waals surface area contributed by atoms with Crippen LogP contribution in [0.2, 0.25) is 0 Å². The minimum atomic E-state index is -0.494. The zero-order chi connectivity index (χ0) is 17.7. The molecule has 0 aliphatic carbocycles. The van der Waals surface area contributed by atoms with Crippen LogP contribution >= 0.6 is 0 Å². The Morgan fingerprint density at radius 3 is 2.50 bits per heavy atom. The predicted molar refractivity (Wildman–Crippen MR) is 94.2 cm³/mol. The number of rotatable bonds is 5. The monoisotopic (exact) mass is 333 g/mol. The topological polar surface area (TPSA) is 70.7 Å². The maximum Gasteiger partial charge on any atom is 0.253 e. The Morgan fingerprint density at radius 2 is 1.96 bits per heavy atom. The van der Waals surface area contributed by atoms with Crippen LogP contribution in [0.1, 0.15) is 28.8 Å². The number of ether oxygens (including phenoxy) is 1. The average molecular weight is 333 g/mol. The van der Waals surface area contributed by atoms with Crippen LogP contribution in [0, 0.1) is 12.3 Å². The number of carbonyl (C=O) groups excluding carboxylic acids is 2. The summed E-state index contributed by atoms with van der Waals surface area (Å²) in [4.78, 5) is 26.5. The molecule has 1 saturated heterocycles. The molecule has 0 atom stereocenters. The molecule has 0 unspecified atom stereocenters. The molecule has 1 aliphatic heterocycles. The van der Waals surface area contributed by atoms with E-state index >= 15 is 0 Å². The minimum absolute atomic E-state index is 0.0167. The van der Waals surface area contributed by atoms with Gasteiger partial charge in [0.15, 0.2) is 0 Å². The SMILES string of the molecule is COCC1(C(=O)Nc2ccc(C(=O)N(C)C)c(C)c2)CCNCC1. The summed E-state index contributed by atoms with van der Waals surface area (Å²) in [7, 11) is 5.08. The molecule has 2 rings (SSSR count). The third-order valence-electron chi connectivity index (χ3n) is 4.58. The number of anilines is 1. The molecule has 24 heavy (non-hydrogen) atoms. The van der Waals surface area contributed by atoms with E-state index in [1.54, 1.807) is 38.2 Å². The van der Waals surface area contributed by atoms with Crippen molar-refractivity contribution in [2.45, 2.75) is 19.8 Å². The summed E-state index contributed by atoms with van der Waals surface area (Å²) in [5.74, 6) is -0.0588.